The van der Waals surface area contributed by atoms with E-state index in [1.807, 2.05) is 16.7 Å². The van der Waals surface area contributed by atoms with Gasteiger partial charge >= 0.3 is 0 Å². The monoisotopic (exact) mass is 256 g/mol. The molecule has 1 aliphatic carbocycles. The van der Waals surface area contributed by atoms with E-state index in [0.717, 1.165) is 18.3 Å². The van der Waals surface area contributed by atoms with Gasteiger partial charge in [0.15, 0.2) is 0 Å². The fraction of sp³-hybridized carbons (Fsp3) is 0.923. The Bertz CT molecular complexity index is 254. The Morgan fingerprint density at radius 1 is 1.29 bits per heavy atom. The second kappa shape index (κ2) is 6.64. The molecule has 0 aromatic carbocycles. The normalized spacial score (nSPS) is 29.6. The minimum atomic E-state index is 0.300. The summed E-state index contributed by atoms with van der Waals surface area (Å²) in [6, 6.07) is 0.563. The molecular weight excluding hydrogens is 232 g/mol. The molecule has 2 fully saturated rings. The zero-order chi connectivity index (χ0) is 12.1. The molecule has 2 rings (SSSR count). The minimum Gasteiger partial charge on any atom is -0.342 e. The van der Waals surface area contributed by atoms with E-state index >= 15 is 0 Å². The van der Waals surface area contributed by atoms with Crippen LogP contribution in [0.5, 0.6) is 0 Å². The maximum atomic E-state index is 11.9. The lowest BCUT2D eigenvalue weighted by Crippen LogP contribution is -2.42. The van der Waals surface area contributed by atoms with Gasteiger partial charge in [-0.15, -0.1) is 0 Å². The Morgan fingerprint density at radius 2 is 2.06 bits per heavy atom. The van der Waals surface area contributed by atoms with E-state index in [0.29, 0.717) is 18.5 Å². The molecule has 3 nitrogen and oxygen atoms in total. The number of thioether (sulfide) groups is 1. The number of rotatable bonds is 4. The molecular formula is C13H24N2OS. The van der Waals surface area contributed by atoms with Gasteiger partial charge in [0.25, 0.3) is 0 Å². The molecule has 1 saturated carbocycles. The first-order valence-electron chi connectivity index (χ1n) is 6.83. The van der Waals surface area contributed by atoms with Crippen LogP contribution in [0.3, 0.4) is 0 Å². The highest BCUT2D eigenvalue weighted by Gasteiger charge is 2.23. The Hall–Kier alpha value is -0.220. The molecule has 98 valence electrons. The first-order chi connectivity index (χ1) is 8.29. The summed E-state index contributed by atoms with van der Waals surface area (Å²) in [6.07, 6.45) is 9.69. The quantitative estimate of drug-likeness (QED) is 0.833. The Labute approximate surface area is 109 Å². The zero-order valence-corrected chi connectivity index (χ0v) is 11.6. The molecule has 1 N–H and O–H groups in total. The molecule has 0 spiro atoms. The summed E-state index contributed by atoms with van der Waals surface area (Å²) in [4.78, 5) is 13.9. The summed E-state index contributed by atoms with van der Waals surface area (Å²) in [5, 5.41) is 4.25. The van der Waals surface area contributed by atoms with Crippen molar-refractivity contribution in [3.05, 3.63) is 0 Å². The van der Waals surface area contributed by atoms with Crippen LogP contribution in [0, 0.1) is 0 Å². The lowest BCUT2D eigenvalue weighted by atomic mass is 9.95. The SMILES string of the molecule is CSC1CCCC(NCC(=O)N2CCCC2)C1. The van der Waals surface area contributed by atoms with Crippen LogP contribution in [0.1, 0.15) is 38.5 Å². The van der Waals surface area contributed by atoms with Gasteiger partial charge in [0.05, 0.1) is 6.54 Å². The third-order valence-corrected chi connectivity index (χ3v) is 5.05. The van der Waals surface area contributed by atoms with Crippen LogP contribution >= 0.6 is 11.8 Å². The lowest BCUT2D eigenvalue weighted by molar-refractivity contribution is -0.129. The number of hydrogen-bond acceptors (Lipinski definition) is 3. The van der Waals surface area contributed by atoms with E-state index in [9.17, 15) is 4.79 Å². The molecule has 1 amide bonds. The molecule has 0 bridgehead atoms. The third kappa shape index (κ3) is 3.88. The van der Waals surface area contributed by atoms with Crippen LogP contribution < -0.4 is 5.32 Å². The molecule has 2 atom stereocenters. The zero-order valence-electron chi connectivity index (χ0n) is 10.8. The van der Waals surface area contributed by atoms with Gasteiger partial charge in [0, 0.05) is 24.4 Å². The number of carbonyl (C=O) groups excluding carboxylic acids is 1. The maximum Gasteiger partial charge on any atom is 0.236 e. The number of likely N-dealkylation sites (tertiary alicyclic amines) is 1. The Balaban J connectivity index is 1.68. The molecule has 0 aromatic rings. The molecule has 1 heterocycles. The Kier molecular flexibility index (Phi) is 5.16. The van der Waals surface area contributed by atoms with Crippen LogP contribution in [-0.4, -0.2) is 48.0 Å². The van der Waals surface area contributed by atoms with Crippen LogP contribution in [0.15, 0.2) is 0 Å². The van der Waals surface area contributed by atoms with Crippen LogP contribution in [-0.2, 0) is 4.79 Å². The van der Waals surface area contributed by atoms with Gasteiger partial charge in [-0.2, -0.15) is 11.8 Å². The first-order valence-corrected chi connectivity index (χ1v) is 8.12. The van der Waals surface area contributed by atoms with Gasteiger partial charge in [0.1, 0.15) is 0 Å². The van der Waals surface area contributed by atoms with Crippen molar-refractivity contribution in [2.75, 3.05) is 25.9 Å². The summed E-state index contributed by atoms with van der Waals surface area (Å²) in [6.45, 7) is 2.49. The van der Waals surface area contributed by atoms with E-state index in [4.69, 9.17) is 0 Å². The van der Waals surface area contributed by atoms with Gasteiger partial charge < -0.3 is 10.2 Å². The highest BCUT2D eigenvalue weighted by Crippen LogP contribution is 2.26. The van der Waals surface area contributed by atoms with E-state index in [1.54, 1.807) is 0 Å². The highest BCUT2D eigenvalue weighted by molar-refractivity contribution is 7.99. The van der Waals surface area contributed by atoms with Crippen molar-refractivity contribution in [1.29, 1.82) is 0 Å². The van der Waals surface area contributed by atoms with Crippen molar-refractivity contribution in [3.63, 3.8) is 0 Å². The average molecular weight is 256 g/mol. The average Bonchev–Trinajstić information content (AvgIpc) is 2.90. The van der Waals surface area contributed by atoms with E-state index in [-0.39, 0.29) is 0 Å². The molecule has 17 heavy (non-hydrogen) atoms. The number of nitrogens with one attached hydrogen (secondary N) is 1. The third-order valence-electron chi connectivity index (χ3n) is 3.96. The number of carbonyl (C=O) groups is 1. The molecule has 2 aliphatic rings. The number of nitrogens with zero attached hydrogens (tertiary/aromatic N) is 1. The predicted octanol–water partition coefficient (Wildman–Crippen LogP) is 1.87. The minimum absolute atomic E-state index is 0.300. The molecule has 2 unspecified atom stereocenters. The maximum absolute atomic E-state index is 11.9. The number of amides is 1. The van der Waals surface area contributed by atoms with Crippen molar-refractivity contribution >= 4 is 17.7 Å². The van der Waals surface area contributed by atoms with Gasteiger partial charge in [-0.25, -0.2) is 0 Å². The largest absolute Gasteiger partial charge is 0.342 e. The second-order valence-electron chi connectivity index (χ2n) is 5.19. The van der Waals surface area contributed by atoms with Gasteiger partial charge in [-0.1, -0.05) is 6.42 Å². The van der Waals surface area contributed by atoms with Gasteiger partial charge in [0.2, 0.25) is 5.91 Å². The smallest absolute Gasteiger partial charge is 0.236 e. The van der Waals surface area contributed by atoms with Crippen molar-refractivity contribution in [3.8, 4) is 0 Å². The topological polar surface area (TPSA) is 32.3 Å². The van der Waals surface area contributed by atoms with Gasteiger partial charge in [-0.3, -0.25) is 4.79 Å². The first kappa shape index (κ1) is 13.2. The molecule has 4 heteroatoms. The second-order valence-corrected chi connectivity index (χ2v) is 6.33. The van der Waals surface area contributed by atoms with E-state index in [2.05, 4.69) is 11.6 Å². The highest BCUT2D eigenvalue weighted by atomic mass is 32.2. The number of hydrogen-bond donors (Lipinski definition) is 1. The van der Waals surface area contributed by atoms with Crippen LogP contribution in [0.2, 0.25) is 0 Å². The molecule has 1 aliphatic heterocycles. The van der Waals surface area contributed by atoms with Crippen LogP contribution in [0.25, 0.3) is 0 Å². The van der Waals surface area contributed by atoms with Crippen molar-refractivity contribution in [2.45, 2.75) is 49.8 Å². The predicted molar refractivity (Wildman–Crippen MR) is 73.4 cm³/mol. The Morgan fingerprint density at radius 3 is 2.76 bits per heavy atom. The summed E-state index contributed by atoms with van der Waals surface area (Å²) in [5.41, 5.74) is 0. The van der Waals surface area contributed by atoms with Crippen LogP contribution in [0.4, 0.5) is 0 Å². The molecule has 0 aromatic heterocycles. The molecule has 0 radical (unpaired) electrons. The summed E-state index contributed by atoms with van der Waals surface area (Å²) < 4.78 is 0. The lowest BCUT2D eigenvalue weighted by Gasteiger charge is -2.29. The summed E-state index contributed by atoms with van der Waals surface area (Å²) >= 11 is 1.97. The van der Waals surface area contributed by atoms with Crippen molar-refractivity contribution < 1.29 is 4.79 Å². The molecule has 1 saturated heterocycles. The van der Waals surface area contributed by atoms with E-state index in [1.165, 1.54) is 38.5 Å². The van der Waals surface area contributed by atoms with Crippen molar-refractivity contribution in [1.82, 2.24) is 10.2 Å². The summed E-state index contributed by atoms with van der Waals surface area (Å²) in [7, 11) is 0. The fourth-order valence-electron chi connectivity index (χ4n) is 2.85. The standard InChI is InChI=1S/C13H24N2OS/c1-17-12-6-4-5-11(9-12)14-10-13(16)15-7-2-3-8-15/h11-12,14H,2-10H2,1H3. The van der Waals surface area contributed by atoms with E-state index < -0.39 is 0 Å². The van der Waals surface area contributed by atoms with Crippen molar-refractivity contribution in [2.24, 2.45) is 0 Å². The summed E-state index contributed by atoms with van der Waals surface area (Å²) in [5.74, 6) is 0.300. The van der Waals surface area contributed by atoms with Gasteiger partial charge in [-0.05, 0) is 38.4 Å². The fourth-order valence-corrected chi connectivity index (χ4v) is 3.68.